The van der Waals surface area contributed by atoms with Crippen molar-refractivity contribution in [3.63, 3.8) is 0 Å². The minimum Gasteiger partial charge on any atom is -0.465 e. The van der Waals surface area contributed by atoms with Crippen molar-refractivity contribution in [2.75, 3.05) is 6.61 Å². The maximum absolute atomic E-state index is 11.8. The van der Waals surface area contributed by atoms with Gasteiger partial charge >= 0.3 is 11.9 Å². The summed E-state index contributed by atoms with van der Waals surface area (Å²) < 4.78 is 10.5. The van der Waals surface area contributed by atoms with Gasteiger partial charge in [0.25, 0.3) is 0 Å². The Morgan fingerprint density at radius 2 is 1.42 bits per heavy atom. The number of ether oxygens (including phenoxy) is 2. The lowest BCUT2D eigenvalue weighted by molar-refractivity contribution is -0.146. The molecule has 0 spiro atoms. The van der Waals surface area contributed by atoms with Gasteiger partial charge in [-0.2, -0.15) is 0 Å². The van der Waals surface area contributed by atoms with Crippen molar-refractivity contribution < 1.29 is 19.1 Å². The molecule has 0 saturated heterocycles. The SMILES string of the molecule is CCCC/C=C/C(C)OC(=O)CCCCCCCCC(=O)OCC(C)C. The normalized spacial score (nSPS) is 12.5. The number of carbonyl (C=O) groups excluding carboxylic acids is 2. The first-order valence-corrected chi connectivity index (χ1v) is 10.5. The van der Waals surface area contributed by atoms with Crippen molar-refractivity contribution in [2.45, 2.75) is 104 Å². The van der Waals surface area contributed by atoms with E-state index in [2.05, 4.69) is 13.0 Å². The van der Waals surface area contributed by atoms with E-state index in [-0.39, 0.29) is 18.0 Å². The highest BCUT2D eigenvalue weighted by Crippen LogP contribution is 2.10. The molecule has 0 N–H and O–H groups in total. The molecule has 0 aliphatic heterocycles. The summed E-state index contributed by atoms with van der Waals surface area (Å²) in [6.45, 7) is 8.66. The van der Waals surface area contributed by atoms with Crippen LogP contribution < -0.4 is 0 Å². The molecule has 1 unspecified atom stereocenters. The Morgan fingerprint density at radius 1 is 0.846 bits per heavy atom. The van der Waals surface area contributed by atoms with E-state index in [1.165, 1.54) is 12.8 Å². The van der Waals surface area contributed by atoms with Crippen LogP contribution in [0.2, 0.25) is 0 Å². The maximum atomic E-state index is 11.8. The lowest BCUT2D eigenvalue weighted by Crippen LogP contribution is -2.12. The zero-order valence-electron chi connectivity index (χ0n) is 17.4. The van der Waals surface area contributed by atoms with Crippen molar-refractivity contribution in [1.29, 1.82) is 0 Å². The Kier molecular flexibility index (Phi) is 16.2. The first kappa shape index (κ1) is 24.7. The predicted octanol–water partition coefficient (Wildman–Crippen LogP) is 5.98. The van der Waals surface area contributed by atoms with Gasteiger partial charge in [-0.05, 0) is 38.2 Å². The van der Waals surface area contributed by atoms with Gasteiger partial charge in [0.15, 0.2) is 0 Å². The average Bonchev–Trinajstić information content (AvgIpc) is 2.59. The molecule has 0 aromatic rings. The first-order chi connectivity index (χ1) is 12.5. The number of unbranched alkanes of at least 4 members (excludes halogenated alkanes) is 7. The summed E-state index contributed by atoms with van der Waals surface area (Å²) in [5.74, 6) is 0.204. The van der Waals surface area contributed by atoms with Crippen molar-refractivity contribution in [3.05, 3.63) is 12.2 Å². The Morgan fingerprint density at radius 3 is 2.00 bits per heavy atom. The highest BCUT2D eigenvalue weighted by Gasteiger charge is 2.07. The summed E-state index contributed by atoms with van der Waals surface area (Å²) in [5.41, 5.74) is 0. The largest absolute Gasteiger partial charge is 0.465 e. The summed E-state index contributed by atoms with van der Waals surface area (Å²) in [6, 6.07) is 0. The lowest BCUT2D eigenvalue weighted by atomic mass is 10.1. The molecule has 0 aromatic carbocycles. The van der Waals surface area contributed by atoms with Gasteiger partial charge in [0.05, 0.1) is 6.61 Å². The topological polar surface area (TPSA) is 52.6 Å². The summed E-state index contributed by atoms with van der Waals surface area (Å²) in [4.78, 5) is 23.2. The molecule has 0 aromatic heterocycles. The van der Waals surface area contributed by atoms with Crippen LogP contribution in [-0.4, -0.2) is 24.6 Å². The third-order valence-electron chi connectivity index (χ3n) is 4.04. The van der Waals surface area contributed by atoms with E-state index in [0.717, 1.165) is 44.9 Å². The molecule has 0 aliphatic rings. The van der Waals surface area contributed by atoms with Crippen molar-refractivity contribution in [1.82, 2.24) is 0 Å². The monoisotopic (exact) mass is 368 g/mol. The maximum Gasteiger partial charge on any atom is 0.306 e. The fourth-order valence-corrected chi connectivity index (χ4v) is 2.49. The third kappa shape index (κ3) is 17.5. The van der Waals surface area contributed by atoms with Crippen LogP contribution in [0.5, 0.6) is 0 Å². The number of esters is 2. The summed E-state index contributed by atoms with van der Waals surface area (Å²) in [5, 5.41) is 0. The Hall–Kier alpha value is -1.32. The van der Waals surface area contributed by atoms with Gasteiger partial charge in [-0.3, -0.25) is 9.59 Å². The number of hydrogen-bond acceptors (Lipinski definition) is 4. The molecule has 0 rings (SSSR count). The van der Waals surface area contributed by atoms with Crippen molar-refractivity contribution >= 4 is 11.9 Å². The molecule has 0 heterocycles. The molecular weight excluding hydrogens is 328 g/mol. The fourth-order valence-electron chi connectivity index (χ4n) is 2.49. The molecule has 26 heavy (non-hydrogen) atoms. The number of rotatable bonds is 16. The molecule has 0 bridgehead atoms. The Labute approximate surface area is 160 Å². The van der Waals surface area contributed by atoms with Crippen LogP contribution in [0, 0.1) is 5.92 Å². The van der Waals surface area contributed by atoms with Gasteiger partial charge in [0.2, 0.25) is 0 Å². The van der Waals surface area contributed by atoms with Crippen LogP contribution in [0.3, 0.4) is 0 Å². The molecule has 4 heteroatoms. The molecule has 1 atom stereocenters. The lowest BCUT2D eigenvalue weighted by Gasteiger charge is -2.09. The van der Waals surface area contributed by atoms with Crippen LogP contribution >= 0.6 is 0 Å². The van der Waals surface area contributed by atoms with E-state index in [0.29, 0.717) is 25.4 Å². The molecule has 0 radical (unpaired) electrons. The molecule has 152 valence electrons. The smallest absolute Gasteiger partial charge is 0.306 e. The summed E-state index contributed by atoms with van der Waals surface area (Å²) in [6.07, 6.45) is 14.4. The first-order valence-electron chi connectivity index (χ1n) is 10.5. The van der Waals surface area contributed by atoms with Gasteiger partial charge < -0.3 is 9.47 Å². The summed E-state index contributed by atoms with van der Waals surface area (Å²) >= 11 is 0. The molecule has 0 aliphatic carbocycles. The van der Waals surface area contributed by atoms with Gasteiger partial charge in [-0.15, -0.1) is 0 Å². The zero-order valence-corrected chi connectivity index (χ0v) is 17.4. The fraction of sp³-hybridized carbons (Fsp3) is 0.818. The minimum atomic E-state index is -0.130. The van der Waals surface area contributed by atoms with Crippen LogP contribution in [0.15, 0.2) is 12.2 Å². The average molecular weight is 369 g/mol. The molecule has 0 amide bonds. The second-order valence-corrected chi connectivity index (χ2v) is 7.46. The quantitative estimate of drug-likeness (QED) is 0.191. The van der Waals surface area contributed by atoms with E-state index >= 15 is 0 Å². The van der Waals surface area contributed by atoms with Crippen LogP contribution in [0.4, 0.5) is 0 Å². The molecule has 4 nitrogen and oxygen atoms in total. The Bertz CT molecular complexity index is 388. The van der Waals surface area contributed by atoms with Crippen LogP contribution in [0.25, 0.3) is 0 Å². The highest BCUT2D eigenvalue weighted by atomic mass is 16.5. The summed E-state index contributed by atoms with van der Waals surface area (Å²) in [7, 11) is 0. The predicted molar refractivity (Wildman–Crippen MR) is 107 cm³/mol. The van der Waals surface area contributed by atoms with Crippen molar-refractivity contribution in [2.24, 2.45) is 5.92 Å². The van der Waals surface area contributed by atoms with E-state index < -0.39 is 0 Å². The molecule has 0 fully saturated rings. The standard InChI is InChI=1S/C22H40O4/c1-5-6-7-12-15-20(4)26-22(24)17-14-11-9-8-10-13-16-21(23)25-18-19(2)3/h12,15,19-20H,5-11,13-14,16-18H2,1-4H3/b15-12+. The van der Waals surface area contributed by atoms with E-state index in [4.69, 9.17) is 9.47 Å². The second-order valence-electron chi connectivity index (χ2n) is 7.46. The third-order valence-corrected chi connectivity index (χ3v) is 4.04. The van der Waals surface area contributed by atoms with Crippen molar-refractivity contribution in [3.8, 4) is 0 Å². The second kappa shape index (κ2) is 17.1. The molecule has 0 saturated carbocycles. The highest BCUT2D eigenvalue weighted by molar-refractivity contribution is 5.69. The van der Waals surface area contributed by atoms with Gasteiger partial charge in [0.1, 0.15) is 6.10 Å². The van der Waals surface area contributed by atoms with Crippen LogP contribution in [0.1, 0.15) is 98.3 Å². The van der Waals surface area contributed by atoms with Gasteiger partial charge in [-0.25, -0.2) is 0 Å². The van der Waals surface area contributed by atoms with Crippen LogP contribution in [-0.2, 0) is 19.1 Å². The van der Waals surface area contributed by atoms with Gasteiger partial charge in [0, 0.05) is 12.8 Å². The van der Waals surface area contributed by atoms with E-state index in [9.17, 15) is 9.59 Å². The zero-order chi connectivity index (χ0) is 19.6. The number of allylic oxidation sites excluding steroid dienone is 1. The number of carbonyl (C=O) groups is 2. The Balaban J connectivity index is 3.47. The minimum absolute atomic E-state index is 0.0840. The molecular formula is C22H40O4. The van der Waals surface area contributed by atoms with E-state index in [1.54, 1.807) is 0 Å². The van der Waals surface area contributed by atoms with Gasteiger partial charge in [-0.1, -0.05) is 65.4 Å². The number of hydrogen-bond donors (Lipinski definition) is 0. The van der Waals surface area contributed by atoms with E-state index in [1.807, 2.05) is 26.8 Å².